The lowest BCUT2D eigenvalue weighted by atomic mass is 9.85. The zero-order valence-corrected chi connectivity index (χ0v) is 15.0. The molecule has 134 valence electrons. The summed E-state index contributed by atoms with van der Waals surface area (Å²) in [4.78, 5) is 16.0. The van der Waals surface area contributed by atoms with E-state index in [9.17, 15) is 9.18 Å². The molecule has 0 saturated carbocycles. The maximum absolute atomic E-state index is 13.6. The fourth-order valence-electron chi connectivity index (χ4n) is 3.60. The summed E-state index contributed by atoms with van der Waals surface area (Å²) in [5.41, 5.74) is 3.69. The number of halogens is 2. The molecule has 0 saturated heterocycles. The van der Waals surface area contributed by atoms with Crippen molar-refractivity contribution in [1.29, 1.82) is 0 Å². The summed E-state index contributed by atoms with van der Waals surface area (Å²) < 4.78 is 18.7. The Bertz CT molecular complexity index is 999. The summed E-state index contributed by atoms with van der Waals surface area (Å²) >= 11 is 6.12. The van der Waals surface area contributed by atoms with Crippen molar-refractivity contribution in [3.63, 3.8) is 0 Å². The summed E-state index contributed by atoms with van der Waals surface area (Å²) in [5.74, 6) is 0.0832. The third-order valence-electron chi connectivity index (χ3n) is 4.94. The zero-order chi connectivity index (χ0) is 18.3. The average Bonchev–Trinajstić information content (AvgIpc) is 2.99. The lowest BCUT2D eigenvalue weighted by Gasteiger charge is -2.22. The standard InChI is InChI=1S/C20H18ClFN2O2/c1-26-19-7-4-13(10-16(19)21)23-20(25)11-2-5-17-14(8-11)15-9-12(22)3-6-18(15)24-17/h3-4,6-7,9-11,24H,2,5,8H2,1H3,(H,23,25). The molecule has 1 aliphatic carbocycles. The van der Waals surface area contributed by atoms with E-state index in [1.165, 1.54) is 12.1 Å². The number of hydrogen-bond acceptors (Lipinski definition) is 2. The van der Waals surface area contributed by atoms with Crippen molar-refractivity contribution in [3.8, 4) is 5.75 Å². The molecule has 1 atom stereocenters. The van der Waals surface area contributed by atoms with Gasteiger partial charge in [-0.2, -0.15) is 0 Å². The number of carbonyl (C=O) groups is 1. The highest BCUT2D eigenvalue weighted by Crippen LogP contribution is 2.33. The molecule has 0 radical (unpaired) electrons. The number of carbonyl (C=O) groups excluding carboxylic acids is 1. The van der Waals surface area contributed by atoms with Gasteiger partial charge in [0.25, 0.3) is 0 Å². The van der Waals surface area contributed by atoms with Crippen molar-refractivity contribution in [2.24, 2.45) is 5.92 Å². The molecule has 1 aromatic heterocycles. The second-order valence-electron chi connectivity index (χ2n) is 6.55. The number of aromatic nitrogens is 1. The number of amides is 1. The van der Waals surface area contributed by atoms with Gasteiger partial charge in [0.1, 0.15) is 11.6 Å². The highest BCUT2D eigenvalue weighted by atomic mass is 35.5. The van der Waals surface area contributed by atoms with Crippen LogP contribution in [0.4, 0.5) is 10.1 Å². The Kier molecular flexibility index (Phi) is 4.32. The normalized spacial score (nSPS) is 16.3. The number of H-pyrrole nitrogens is 1. The van der Waals surface area contributed by atoms with Crippen LogP contribution < -0.4 is 10.1 Å². The minimum absolute atomic E-state index is 0.0531. The molecule has 0 bridgehead atoms. The van der Waals surface area contributed by atoms with E-state index in [1.807, 2.05) is 0 Å². The van der Waals surface area contributed by atoms with Crippen LogP contribution in [0.2, 0.25) is 5.02 Å². The number of ether oxygens (including phenoxy) is 1. The van der Waals surface area contributed by atoms with E-state index in [-0.39, 0.29) is 17.6 Å². The molecule has 1 unspecified atom stereocenters. The minimum Gasteiger partial charge on any atom is -0.495 e. The smallest absolute Gasteiger partial charge is 0.227 e. The molecule has 1 aliphatic rings. The Morgan fingerprint density at radius 1 is 1.31 bits per heavy atom. The van der Waals surface area contributed by atoms with Gasteiger partial charge in [0.2, 0.25) is 5.91 Å². The van der Waals surface area contributed by atoms with Crippen LogP contribution in [-0.4, -0.2) is 18.0 Å². The number of benzene rings is 2. The van der Waals surface area contributed by atoms with Gasteiger partial charge in [-0.3, -0.25) is 4.79 Å². The van der Waals surface area contributed by atoms with Gasteiger partial charge >= 0.3 is 0 Å². The van der Waals surface area contributed by atoms with Crippen LogP contribution >= 0.6 is 11.6 Å². The van der Waals surface area contributed by atoms with Crippen molar-refractivity contribution >= 4 is 34.1 Å². The fraction of sp³-hybridized carbons (Fsp3) is 0.250. The summed E-state index contributed by atoms with van der Waals surface area (Å²) in [5, 5.41) is 4.24. The number of hydrogen-bond donors (Lipinski definition) is 2. The van der Waals surface area contributed by atoms with Crippen LogP contribution in [-0.2, 0) is 17.6 Å². The number of anilines is 1. The number of nitrogens with one attached hydrogen (secondary N) is 2. The van der Waals surface area contributed by atoms with E-state index in [0.29, 0.717) is 22.9 Å². The van der Waals surface area contributed by atoms with Crippen molar-refractivity contribution in [2.75, 3.05) is 12.4 Å². The monoisotopic (exact) mass is 372 g/mol. The Labute approximate surface area is 155 Å². The van der Waals surface area contributed by atoms with Crippen LogP contribution in [0.5, 0.6) is 5.75 Å². The lowest BCUT2D eigenvalue weighted by Crippen LogP contribution is -2.28. The van der Waals surface area contributed by atoms with Gasteiger partial charge in [0.05, 0.1) is 12.1 Å². The van der Waals surface area contributed by atoms with Gasteiger partial charge in [-0.25, -0.2) is 4.39 Å². The van der Waals surface area contributed by atoms with E-state index < -0.39 is 0 Å². The van der Waals surface area contributed by atoms with Gasteiger partial charge < -0.3 is 15.0 Å². The summed E-state index contributed by atoms with van der Waals surface area (Å²) in [7, 11) is 1.54. The second kappa shape index (κ2) is 6.65. The van der Waals surface area contributed by atoms with Crippen LogP contribution in [0.1, 0.15) is 17.7 Å². The Morgan fingerprint density at radius 2 is 2.15 bits per heavy atom. The third kappa shape index (κ3) is 3.03. The van der Waals surface area contributed by atoms with Crippen molar-refractivity contribution < 1.29 is 13.9 Å². The molecule has 4 nitrogen and oxygen atoms in total. The molecule has 4 rings (SSSR count). The van der Waals surface area contributed by atoms with Crippen LogP contribution in [0.25, 0.3) is 10.9 Å². The molecular weight excluding hydrogens is 355 g/mol. The van der Waals surface area contributed by atoms with E-state index >= 15 is 0 Å². The van der Waals surface area contributed by atoms with Gasteiger partial charge in [-0.05, 0) is 61.2 Å². The number of fused-ring (bicyclic) bond motifs is 3. The molecule has 2 N–H and O–H groups in total. The highest BCUT2D eigenvalue weighted by Gasteiger charge is 2.27. The first-order chi connectivity index (χ1) is 12.5. The first kappa shape index (κ1) is 16.9. The Hall–Kier alpha value is -2.53. The van der Waals surface area contributed by atoms with E-state index in [0.717, 1.165) is 35.0 Å². The predicted octanol–water partition coefficient (Wildman–Crippen LogP) is 4.71. The maximum atomic E-state index is 13.6. The van der Waals surface area contributed by atoms with E-state index in [1.54, 1.807) is 31.4 Å². The van der Waals surface area contributed by atoms with Gasteiger partial charge in [0.15, 0.2) is 0 Å². The fourth-order valence-corrected chi connectivity index (χ4v) is 3.86. The van der Waals surface area contributed by atoms with Gasteiger partial charge in [-0.1, -0.05) is 11.6 Å². The summed E-state index contributed by atoms with van der Waals surface area (Å²) in [6, 6.07) is 9.89. The zero-order valence-electron chi connectivity index (χ0n) is 14.2. The van der Waals surface area contributed by atoms with Crippen molar-refractivity contribution in [2.45, 2.75) is 19.3 Å². The molecule has 3 aromatic rings. The number of aromatic amines is 1. The Balaban J connectivity index is 1.54. The average molecular weight is 373 g/mol. The van der Waals surface area contributed by atoms with E-state index in [4.69, 9.17) is 16.3 Å². The van der Waals surface area contributed by atoms with Crippen molar-refractivity contribution in [1.82, 2.24) is 4.98 Å². The second-order valence-corrected chi connectivity index (χ2v) is 6.96. The summed E-state index contributed by atoms with van der Waals surface area (Å²) in [6.07, 6.45) is 2.11. The lowest BCUT2D eigenvalue weighted by molar-refractivity contribution is -0.120. The number of rotatable bonds is 3. The van der Waals surface area contributed by atoms with Gasteiger partial charge in [-0.15, -0.1) is 0 Å². The molecule has 1 amide bonds. The first-order valence-corrected chi connectivity index (χ1v) is 8.86. The number of methoxy groups -OCH3 is 1. The maximum Gasteiger partial charge on any atom is 0.227 e. The first-order valence-electron chi connectivity index (χ1n) is 8.48. The topological polar surface area (TPSA) is 54.1 Å². The molecule has 6 heteroatoms. The van der Waals surface area contributed by atoms with Gasteiger partial charge in [0, 0.05) is 28.2 Å². The largest absolute Gasteiger partial charge is 0.495 e. The van der Waals surface area contributed by atoms with Crippen LogP contribution in [0.3, 0.4) is 0 Å². The predicted molar refractivity (Wildman–Crippen MR) is 100 cm³/mol. The molecule has 2 aromatic carbocycles. The van der Waals surface area contributed by atoms with E-state index in [2.05, 4.69) is 10.3 Å². The van der Waals surface area contributed by atoms with Crippen LogP contribution in [0, 0.1) is 11.7 Å². The molecule has 1 heterocycles. The van der Waals surface area contributed by atoms with Crippen LogP contribution in [0.15, 0.2) is 36.4 Å². The van der Waals surface area contributed by atoms with Crippen molar-refractivity contribution in [3.05, 3.63) is 58.5 Å². The molecular formula is C20H18ClFN2O2. The SMILES string of the molecule is COc1ccc(NC(=O)C2CCc3[nH]c4ccc(F)cc4c3C2)cc1Cl. The summed E-state index contributed by atoms with van der Waals surface area (Å²) in [6.45, 7) is 0. The molecule has 0 spiro atoms. The minimum atomic E-state index is -0.265. The quantitative estimate of drug-likeness (QED) is 0.699. The molecule has 26 heavy (non-hydrogen) atoms. The third-order valence-corrected chi connectivity index (χ3v) is 5.24. The number of aryl methyl sites for hydroxylation is 1. The highest BCUT2D eigenvalue weighted by molar-refractivity contribution is 6.32. The Morgan fingerprint density at radius 3 is 2.92 bits per heavy atom. The molecule has 0 aliphatic heterocycles. The molecule has 0 fully saturated rings.